The van der Waals surface area contributed by atoms with Crippen LogP contribution in [0.25, 0.3) is 0 Å². The molecule has 6 nitrogen and oxygen atoms in total. The predicted molar refractivity (Wildman–Crippen MR) is 72.0 cm³/mol. The summed E-state index contributed by atoms with van der Waals surface area (Å²) in [7, 11) is 3.19. The minimum Gasteiger partial charge on any atom is -0.477 e. The number of rotatable bonds is 8. The van der Waals surface area contributed by atoms with Gasteiger partial charge in [0.1, 0.15) is 4.88 Å². The molecule has 1 aliphatic rings. The molecule has 0 radical (unpaired) electrons. The molecule has 106 valence electrons. The van der Waals surface area contributed by atoms with Gasteiger partial charge in [-0.1, -0.05) is 11.3 Å². The minimum absolute atomic E-state index is 0.223. The number of hydrogen-bond acceptors (Lipinski definition) is 6. The summed E-state index contributed by atoms with van der Waals surface area (Å²) in [5.41, 5.74) is 0.498. The smallest absolute Gasteiger partial charge is 0.347 e. The van der Waals surface area contributed by atoms with Crippen molar-refractivity contribution in [2.24, 2.45) is 0 Å². The summed E-state index contributed by atoms with van der Waals surface area (Å²) in [5, 5.41) is 9.94. The summed E-state index contributed by atoms with van der Waals surface area (Å²) in [6, 6.07) is 0.471. The summed E-state index contributed by atoms with van der Waals surface area (Å²) >= 11 is 1.21. The van der Waals surface area contributed by atoms with Crippen LogP contribution < -0.4 is 4.90 Å². The summed E-state index contributed by atoms with van der Waals surface area (Å²) in [6.45, 7) is 1.57. The fourth-order valence-corrected chi connectivity index (χ4v) is 2.88. The van der Waals surface area contributed by atoms with E-state index in [-0.39, 0.29) is 11.5 Å². The highest BCUT2D eigenvalue weighted by molar-refractivity contribution is 7.17. The first-order valence-electron chi connectivity index (χ1n) is 6.15. The molecule has 0 bridgehead atoms. The molecular formula is C12H18N2O4S. The Kier molecular flexibility index (Phi) is 4.73. The van der Waals surface area contributed by atoms with E-state index in [1.54, 1.807) is 7.11 Å². The van der Waals surface area contributed by atoms with Gasteiger partial charge < -0.3 is 19.5 Å². The van der Waals surface area contributed by atoms with Crippen LogP contribution in [0.3, 0.4) is 0 Å². The second kappa shape index (κ2) is 6.31. The number of hydrogen-bond donors (Lipinski definition) is 1. The Morgan fingerprint density at radius 2 is 2.21 bits per heavy atom. The molecule has 0 spiro atoms. The monoisotopic (exact) mass is 286 g/mol. The van der Waals surface area contributed by atoms with Crippen molar-refractivity contribution >= 4 is 22.4 Å². The molecule has 1 fully saturated rings. The zero-order valence-electron chi connectivity index (χ0n) is 11.1. The topological polar surface area (TPSA) is 71.9 Å². The Morgan fingerprint density at radius 1 is 1.47 bits per heavy atom. The number of thiazole rings is 1. The van der Waals surface area contributed by atoms with E-state index >= 15 is 0 Å². The number of methoxy groups -OCH3 is 2. The third kappa shape index (κ3) is 3.43. The van der Waals surface area contributed by atoms with Gasteiger partial charge in [-0.3, -0.25) is 0 Å². The molecule has 0 amide bonds. The number of carbonyl (C=O) groups is 1. The number of aromatic nitrogens is 1. The summed E-state index contributed by atoms with van der Waals surface area (Å²) in [5.74, 6) is -0.946. The van der Waals surface area contributed by atoms with Gasteiger partial charge in [0.2, 0.25) is 0 Å². The quantitative estimate of drug-likeness (QED) is 0.782. The molecule has 1 aromatic rings. The maximum atomic E-state index is 11.2. The predicted octanol–water partition coefficient (Wildman–Crippen LogP) is 1.60. The Morgan fingerprint density at radius 3 is 2.74 bits per heavy atom. The Balaban J connectivity index is 2.21. The second-order valence-corrected chi connectivity index (χ2v) is 5.41. The first kappa shape index (κ1) is 14.2. The van der Waals surface area contributed by atoms with Gasteiger partial charge in [0.25, 0.3) is 0 Å². The first-order chi connectivity index (χ1) is 9.17. The van der Waals surface area contributed by atoms with E-state index in [4.69, 9.17) is 9.47 Å². The van der Waals surface area contributed by atoms with Gasteiger partial charge in [0.15, 0.2) is 5.13 Å². The standard InChI is InChI=1S/C12H18N2O4S/c1-17-6-5-14(8-3-4-8)12-13-9(7-18-2)10(19-12)11(15)16/h8H,3-7H2,1-2H3,(H,15,16). The zero-order chi connectivity index (χ0) is 13.8. The molecule has 2 rings (SSSR count). The van der Waals surface area contributed by atoms with Gasteiger partial charge >= 0.3 is 5.97 Å². The van der Waals surface area contributed by atoms with Crippen molar-refractivity contribution in [3.8, 4) is 0 Å². The molecule has 19 heavy (non-hydrogen) atoms. The van der Waals surface area contributed by atoms with Crippen molar-refractivity contribution in [3.05, 3.63) is 10.6 Å². The molecule has 0 atom stereocenters. The van der Waals surface area contributed by atoms with Crippen LogP contribution in [0.15, 0.2) is 0 Å². The molecule has 0 saturated heterocycles. The van der Waals surface area contributed by atoms with Gasteiger partial charge in [0.05, 0.1) is 18.9 Å². The lowest BCUT2D eigenvalue weighted by molar-refractivity contribution is 0.0697. The van der Waals surface area contributed by atoms with E-state index in [9.17, 15) is 9.90 Å². The van der Waals surface area contributed by atoms with Crippen LogP contribution in [0.2, 0.25) is 0 Å². The van der Waals surface area contributed by atoms with Crippen molar-refractivity contribution in [3.63, 3.8) is 0 Å². The number of aromatic carboxylic acids is 1. The molecule has 7 heteroatoms. The Bertz CT molecular complexity index is 445. The zero-order valence-corrected chi connectivity index (χ0v) is 11.9. The van der Waals surface area contributed by atoms with Crippen molar-refractivity contribution < 1.29 is 19.4 Å². The molecule has 0 aromatic carbocycles. The number of carboxylic acid groups (broad SMARTS) is 1. The van der Waals surface area contributed by atoms with Crippen molar-refractivity contribution in [1.82, 2.24) is 4.98 Å². The molecule has 0 aliphatic heterocycles. The lowest BCUT2D eigenvalue weighted by atomic mass is 10.4. The SMILES string of the molecule is COCCN(c1nc(COC)c(C(=O)O)s1)C1CC1. The van der Waals surface area contributed by atoms with Crippen LogP contribution in [0.4, 0.5) is 5.13 Å². The molecular weight excluding hydrogens is 268 g/mol. The summed E-state index contributed by atoms with van der Waals surface area (Å²) in [4.78, 5) is 18.0. The summed E-state index contributed by atoms with van der Waals surface area (Å²) in [6.07, 6.45) is 2.26. The highest BCUT2D eigenvalue weighted by Gasteiger charge is 2.32. The number of nitrogens with zero attached hydrogens (tertiary/aromatic N) is 2. The van der Waals surface area contributed by atoms with Crippen LogP contribution in [-0.2, 0) is 16.1 Å². The van der Waals surface area contributed by atoms with Gasteiger partial charge in [-0.15, -0.1) is 0 Å². The average molecular weight is 286 g/mol. The third-order valence-electron chi connectivity index (χ3n) is 2.93. The number of carboxylic acids is 1. The van der Waals surface area contributed by atoms with E-state index < -0.39 is 5.97 Å². The highest BCUT2D eigenvalue weighted by Crippen LogP contribution is 2.35. The van der Waals surface area contributed by atoms with Crippen LogP contribution in [0, 0.1) is 0 Å². The average Bonchev–Trinajstić information content (AvgIpc) is 3.11. The van der Waals surface area contributed by atoms with E-state index in [0.29, 0.717) is 18.3 Å². The molecule has 1 heterocycles. The fraction of sp³-hybridized carbons (Fsp3) is 0.667. The third-order valence-corrected chi connectivity index (χ3v) is 4.05. The lowest BCUT2D eigenvalue weighted by Crippen LogP contribution is -2.29. The normalized spacial score (nSPS) is 14.6. The lowest BCUT2D eigenvalue weighted by Gasteiger charge is -2.20. The first-order valence-corrected chi connectivity index (χ1v) is 6.96. The van der Waals surface area contributed by atoms with E-state index in [0.717, 1.165) is 24.5 Å². The molecule has 1 N–H and O–H groups in total. The van der Waals surface area contributed by atoms with Crippen molar-refractivity contribution in [2.45, 2.75) is 25.5 Å². The Labute approximate surface area is 116 Å². The molecule has 1 aromatic heterocycles. The molecule has 1 aliphatic carbocycles. The minimum atomic E-state index is -0.946. The van der Waals surface area contributed by atoms with Gasteiger partial charge in [-0.25, -0.2) is 9.78 Å². The number of ether oxygens (including phenoxy) is 2. The maximum absolute atomic E-state index is 11.2. The van der Waals surface area contributed by atoms with E-state index in [2.05, 4.69) is 9.88 Å². The fourth-order valence-electron chi connectivity index (χ4n) is 1.87. The summed E-state index contributed by atoms with van der Waals surface area (Å²) < 4.78 is 10.1. The van der Waals surface area contributed by atoms with E-state index in [1.165, 1.54) is 18.4 Å². The highest BCUT2D eigenvalue weighted by atomic mass is 32.1. The maximum Gasteiger partial charge on any atom is 0.347 e. The van der Waals surface area contributed by atoms with Crippen LogP contribution >= 0.6 is 11.3 Å². The Hall–Kier alpha value is -1.18. The number of anilines is 1. The van der Waals surface area contributed by atoms with Gasteiger partial charge in [0, 0.05) is 26.8 Å². The van der Waals surface area contributed by atoms with Gasteiger partial charge in [-0.2, -0.15) is 0 Å². The van der Waals surface area contributed by atoms with Crippen molar-refractivity contribution in [1.29, 1.82) is 0 Å². The van der Waals surface area contributed by atoms with Crippen LogP contribution in [-0.4, -0.2) is 49.5 Å². The van der Waals surface area contributed by atoms with Crippen LogP contribution in [0.1, 0.15) is 28.2 Å². The van der Waals surface area contributed by atoms with Crippen molar-refractivity contribution in [2.75, 3.05) is 32.3 Å². The second-order valence-electron chi connectivity index (χ2n) is 4.43. The largest absolute Gasteiger partial charge is 0.477 e. The van der Waals surface area contributed by atoms with Crippen LogP contribution in [0.5, 0.6) is 0 Å². The van der Waals surface area contributed by atoms with Gasteiger partial charge in [-0.05, 0) is 12.8 Å². The molecule has 0 unspecified atom stereocenters. The van der Waals surface area contributed by atoms with E-state index in [1.807, 2.05) is 0 Å². The molecule has 1 saturated carbocycles.